The second-order valence-electron chi connectivity index (χ2n) is 7.65. The van der Waals surface area contributed by atoms with Crippen molar-refractivity contribution in [3.05, 3.63) is 59.4 Å². The fourth-order valence-electron chi connectivity index (χ4n) is 3.71. The molecule has 0 spiro atoms. The van der Waals surface area contributed by atoms with Gasteiger partial charge >= 0.3 is 0 Å². The molecule has 162 valence electrons. The fourth-order valence-corrected chi connectivity index (χ4v) is 3.84. The molecule has 1 saturated heterocycles. The standard InChI is InChI=1S/C23H21ClN6O2/c24-16-9-7-15(8-10-16)21-28-20(32-29-21)12-11-19(31)27-22-23(30-13-3-4-14-30)26-18-6-2-1-5-17(18)25-22/h1-2,5-10H,3-4,11-14H2,(H,25,27,31). The molecular formula is C23H21ClN6O2. The fraction of sp³-hybridized carbons (Fsp3) is 0.261. The van der Waals surface area contributed by atoms with Crippen molar-refractivity contribution in [2.24, 2.45) is 0 Å². The quantitative estimate of drug-likeness (QED) is 0.463. The van der Waals surface area contributed by atoms with Crippen molar-refractivity contribution in [1.29, 1.82) is 0 Å². The third kappa shape index (κ3) is 4.40. The molecule has 0 saturated carbocycles. The van der Waals surface area contributed by atoms with E-state index < -0.39 is 0 Å². The van der Waals surface area contributed by atoms with E-state index in [4.69, 9.17) is 21.1 Å². The Labute approximate surface area is 189 Å². The van der Waals surface area contributed by atoms with E-state index in [1.807, 2.05) is 36.4 Å². The number of carbonyl (C=O) groups excluding carboxylic acids is 1. The molecular weight excluding hydrogens is 428 g/mol. The molecule has 8 nitrogen and oxygen atoms in total. The van der Waals surface area contributed by atoms with Crippen molar-refractivity contribution in [3.8, 4) is 11.4 Å². The first-order chi connectivity index (χ1) is 15.7. The Balaban J connectivity index is 1.29. The molecule has 0 aliphatic carbocycles. The number of rotatable bonds is 6. The number of hydrogen-bond acceptors (Lipinski definition) is 7. The Morgan fingerprint density at radius 2 is 1.72 bits per heavy atom. The van der Waals surface area contributed by atoms with E-state index in [2.05, 4.69) is 25.3 Å². The second kappa shape index (κ2) is 8.92. The number of halogens is 1. The average molecular weight is 449 g/mol. The zero-order valence-corrected chi connectivity index (χ0v) is 18.0. The van der Waals surface area contributed by atoms with E-state index >= 15 is 0 Å². The van der Waals surface area contributed by atoms with Gasteiger partial charge in [0, 0.05) is 36.5 Å². The first kappa shape index (κ1) is 20.4. The van der Waals surface area contributed by atoms with Crippen molar-refractivity contribution >= 4 is 40.2 Å². The minimum absolute atomic E-state index is 0.179. The van der Waals surface area contributed by atoms with Gasteiger partial charge in [-0.3, -0.25) is 4.79 Å². The summed E-state index contributed by atoms with van der Waals surface area (Å²) in [4.78, 5) is 28.7. The van der Waals surface area contributed by atoms with E-state index in [0.29, 0.717) is 29.0 Å². The first-order valence-corrected chi connectivity index (χ1v) is 10.9. The third-order valence-corrected chi connectivity index (χ3v) is 5.60. The number of hydrogen-bond donors (Lipinski definition) is 1. The lowest BCUT2D eigenvalue weighted by Gasteiger charge is -2.20. The molecule has 4 aromatic rings. The van der Waals surface area contributed by atoms with Crippen LogP contribution in [0.5, 0.6) is 0 Å². The largest absolute Gasteiger partial charge is 0.354 e. The molecule has 9 heteroatoms. The van der Waals surface area contributed by atoms with Crippen molar-refractivity contribution in [2.45, 2.75) is 25.7 Å². The smallest absolute Gasteiger partial charge is 0.227 e. The van der Waals surface area contributed by atoms with Crippen LogP contribution in [0.25, 0.3) is 22.4 Å². The van der Waals surface area contributed by atoms with Crippen LogP contribution >= 0.6 is 11.6 Å². The highest BCUT2D eigenvalue weighted by molar-refractivity contribution is 6.30. The number of carbonyl (C=O) groups is 1. The lowest BCUT2D eigenvalue weighted by atomic mass is 10.2. The molecule has 1 fully saturated rings. The van der Waals surface area contributed by atoms with E-state index in [0.717, 1.165) is 48.3 Å². The molecule has 1 aliphatic heterocycles. The molecule has 2 aromatic heterocycles. The van der Waals surface area contributed by atoms with Crippen molar-refractivity contribution in [3.63, 3.8) is 0 Å². The van der Waals surface area contributed by atoms with Gasteiger partial charge in [0.15, 0.2) is 11.6 Å². The number of nitrogens with one attached hydrogen (secondary N) is 1. The average Bonchev–Trinajstić information content (AvgIpc) is 3.50. The van der Waals surface area contributed by atoms with E-state index in [9.17, 15) is 4.79 Å². The van der Waals surface area contributed by atoms with Gasteiger partial charge in [0.2, 0.25) is 17.6 Å². The van der Waals surface area contributed by atoms with Crippen LogP contribution in [0.15, 0.2) is 53.1 Å². The van der Waals surface area contributed by atoms with Crippen LogP contribution < -0.4 is 10.2 Å². The molecule has 0 bridgehead atoms. The minimum Gasteiger partial charge on any atom is -0.354 e. The molecule has 0 unspecified atom stereocenters. The predicted octanol–water partition coefficient (Wildman–Crippen LogP) is 4.50. The number of aromatic nitrogens is 4. The highest BCUT2D eigenvalue weighted by atomic mass is 35.5. The van der Waals surface area contributed by atoms with Gasteiger partial charge in [0.05, 0.1) is 11.0 Å². The van der Waals surface area contributed by atoms with Crippen molar-refractivity contribution in [1.82, 2.24) is 20.1 Å². The van der Waals surface area contributed by atoms with E-state index in [-0.39, 0.29) is 12.3 Å². The molecule has 1 aliphatic rings. The van der Waals surface area contributed by atoms with Crippen molar-refractivity contribution < 1.29 is 9.32 Å². The summed E-state index contributed by atoms with van der Waals surface area (Å²) < 4.78 is 5.30. The van der Waals surface area contributed by atoms with Gasteiger partial charge in [0.25, 0.3) is 0 Å². The summed E-state index contributed by atoms with van der Waals surface area (Å²) in [6, 6.07) is 14.8. The van der Waals surface area contributed by atoms with E-state index in [1.165, 1.54) is 0 Å². The number of benzene rings is 2. The summed E-state index contributed by atoms with van der Waals surface area (Å²) in [5.41, 5.74) is 2.36. The lowest BCUT2D eigenvalue weighted by molar-refractivity contribution is -0.116. The Bertz CT molecular complexity index is 1250. The van der Waals surface area contributed by atoms with Crippen LogP contribution in [-0.2, 0) is 11.2 Å². The van der Waals surface area contributed by atoms with Gasteiger partial charge in [-0.25, -0.2) is 9.97 Å². The summed E-state index contributed by atoms with van der Waals surface area (Å²) in [5.74, 6) is 1.89. The van der Waals surface area contributed by atoms with E-state index in [1.54, 1.807) is 12.1 Å². The molecule has 0 atom stereocenters. The first-order valence-electron chi connectivity index (χ1n) is 10.6. The Hall–Kier alpha value is -3.52. The maximum Gasteiger partial charge on any atom is 0.227 e. The Morgan fingerprint density at radius 3 is 2.47 bits per heavy atom. The van der Waals surface area contributed by atoms with Gasteiger partial charge in [-0.2, -0.15) is 4.98 Å². The maximum absolute atomic E-state index is 12.7. The van der Waals surface area contributed by atoms with Crippen LogP contribution in [-0.4, -0.2) is 39.1 Å². The van der Waals surface area contributed by atoms with Gasteiger partial charge in [0.1, 0.15) is 0 Å². The highest BCUT2D eigenvalue weighted by Gasteiger charge is 2.21. The van der Waals surface area contributed by atoms with Gasteiger partial charge in [-0.05, 0) is 49.2 Å². The minimum atomic E-state index is -0.179. The number of anilines is 2. The number of aryl methyl sites for hydroxylation is 1. The Morgan fingerprint density at radius 1 is 1.00 bits per heavy atom. The van der Waals surface area contributed by atoms with Crippen LogP contribution in [0.3, 0.4) is 0 Å². The number of fused-ring (bicyclic) bond motifs is 1. The molecule has 0 radical (unpaired) electrons. The van der Waals surface area contributed by atoms with Crippen LogP contribution in [0.1, 0.15) is 25.2 Å². The number of para-hydroxylation sites is 2. The molecule has 32 heavy (non-hydrogen) atoms. The predicted molar refractivity (Wildman–Crippen MR) is 123 cm³/mol. The molecule has 1 amide bonds. The SMILES string of the molecule is O=C(CCc1nc(-c2ccc(Cl)cc2)no1)Nc1nc2ccccc2nc1N1CCCC1. The maximum atomic E-state index is 12.7. The molecule has 5 rings (SSSR count). The summed E-state index contributed by atoms with van der Waals surface area (Å²) in [7, 11) is 0. The van der Waals surface area contributed by atoms with Crippen LogP contribution in [0.4, 0.5) is 11.6 Å². The van der Waals surface area contributed by atoms with Crippen molar-refractivity contribution in [2.75, 3.05) is 23.3 Å². The normalized spacial score (nSPS) is 13.6. The summed E-state index contributed by atoms with van der Waals surface area (Å²) in [6.45, 7) is 1.82. The number of amides is 1. The van der Waals surface area contributed by atoms with Crippen LogP contribution in [0, 0.1) is 0 Å². The monoisotopic (exact) mass is 448 g/mol. The third-order valence-electron chi connectivity index (χ3n) is 5.35. The van der Waals surface area contributed by atoms with Gasteiger partial charge in [-0.1, -0.05) is 28.9 Å². The topological polar surface area (TPSA) is 97.0 Å². The molecule has 3 heterocycles. The molecule has 1 N–H and O–H groups in total. The van der Waals surface area contributed by atoms with Gasteiger partial charge in [-0.15, -0.1) is 0 Å². The zero-order chi connectivity index (χ0) is 21.9. The summed E-state index contributed by atoms with van der Waals surface area (Å²) >= 11 is 5.92. The molecule has 2 aromatic carbocycles. The number of nitrogens with zero attached hydrogens (tertiary/aromatic N) is 5. The second-order valence-corrected chi connectivity index (χ2v) is 8.08. The van der Waals surface area contributed by atoms with Crippen LogP contribution in [0.2, 0.25) is 5.02 Å². The summed E-state index contributed by atoms with van der Waals surface area (Å²) in [5, 5.41) is 7.56. The van der Waals surface area contributed by atoms with Gasteiger partial charge < -0.3 is 14.7 Å². The lowest BCUT2D eigenvalue weighted by Crippen LogP contribution is -2.23. The zero-order valence-electron chi connectivity index (χ0n) is 17.3. The Kier molecular flexibility index (Phi) is 5.68. The highest BCUT2D eigenvalue weighted by Crippen LogP contribution is 2.28. The summed E-state index contributed by atoms with van der Waals surface area (Å²) in [6.07, 6.45) is 2.73.